The third-order valence-electron chi connectivity index (χ3n) is 3.61. The summed E-state index contributed by atoms with van der Waals surface area (Å²) in [5.74, 6) is 0. The van der Waals surface area contributed by atoms with Gasteiger partial charge >= 0.3 is 0 Å². The maximum absolute atomic E-state index is 10.1. The van der Waals surface area contributed by atoms with Crippen LogP contribution in [0, 0.1) is 0 Å². The second-order valence-electron chi connectivity index (χ2n) is 5.07. The number of fused-ring (bicyclic) bond motifs is 3. The minimum Gasteiger partial charge on any atom is -0.387 e. The van der Waals surface area contributed by atoms with Crippen LogP contribution in [0.3, 0.4) is 0 Å². The molecule has 0 fully saturated rings. The molecule has 0 bridgehead atoms. The number of aliphatic hydroxyl groups excluding tert-OH is 1. The quantitative estimate of drug-likeness (QED) is 0.686. The molecule has 3 rings (SSSR count). The molecule has 0 saturated carbocycles. The van der Waals surface area contributed by atoms with E-state index in [2.05, 4.69) is 24.3 Å². The first-order chi connectivity index (χ1) is 9.16. The Morgan fingerprint density at radius 1 is 0.895 bits per heavy atom. The predicted molar refractivity (Wildman–Crippen MR) is 80.1 cm³/mol. The van der Waals surface area contributed by atoms with Gasteiger partial charge in [-0.2, -0.15) is 0 Å². The van der Waals surface area contributed by atoms with E-state index in [9.17, 15) is 5.11 Å². The van der Waals surface area contributed by atoms with Gasteiger partial charge in [0.15, 0.2) is 0 Å². The van der Waals surface area contributed by atoms with Gasteiger partial charge < -0.3 is 10.8 Å². The molecule has 0 heterocycles. The maximum Gasteiger partial charge on any atom is 0.0938 e. The Kier molecular flexibility index (Phi) is 2.97. The molecule has 3 N–H and O–H groups in total. The normalized spacial score (nSPS) is 14.7. The van der Waals surface area contributed by atoms with Gasteiger partial charge in [0.25, 0.3) is 0 Å². The van der Waals surface area contributed by atoms with Gasteiger partial charge in [-0.3, -0.25) is 0 Å². The van der Waals surface area contributed by atoms with Crippen molar-refractivity contribution in [1.82, 2.24) is 0 Å². The summed E-state index contributed by atoms with van der Waals surface area (Å²) in [4.78, 5) is 0. The van der Waals surface area contributed by atoms with Crippen LogP contribution in [0.25, 0.3) is 21.5 Å². The molecule has 96 valence electrons. The molecular weight excluding hydrogens is 234 g/mol. The molecular formula is C17H17NO. The van der Waals surface area contributed by atoms with E-state index in [1.54, 1.807) is 0 Å². The lowest BCUT2D eigenvalue weighted by Gasteiger charge is -2.16. The lowest BCUT2D eigenvalue weighted by Crippen LogP contribution is -2.24. The predicted octanol–water partition coefficient (Wildman–Crippen LogP) is 3.37. The second-order valence-corrected chi connectivity index (χ2v) is 5.07. The molecule has 0 saturated heterocycles. The number of hydrogen-bond donors (Lipinski definition) is 2. The van der Waals surface area contributed by atoms with Crippen molar-refractivity contribution in [1.29, 1.82) is 0 Å². The van der Waals surface area contributed by atoms with Gasteiger partial charge in [-0.05, 0) is 40.1 Å². The molecule has 0 aliphatic carbocycles. The van der Waals surface area contributed by atoms with E-state index in [0.29, 0.717) is 0 Å². The summed E-state index contributed by atoms with van der Waals surface area (Å²) < 4.78 is 0. The van der Waals surface area contributed by atoms with E-state index in [4.69, 9.17) is 5.73 Å². The van der Waals surface area contributed by atoms with Crippen molar-refractivity contribution in [2.45, 2.75) is 19.1 Å². The highest BCUT2D eigenvalue weighted by molar-refractivity contribution is 6.07. The Balaban J connectivity index is 2.28. The molecule has 0 spiro atoms. The molecule has 0 amide bonds. The first-order valence-corrected chi connectivity index (χ1v) is 6.52. The highest BCUT2D eigenvalue weighted by Crippen LogP contribution is 2.28. The van der Waals surface area contributed by atoms with E-state index >= 15 is 0 Å². The van der Waals surface area contributed by atoms with E-state index in [0.717, 1.165) is 10.9 Å². The van der Waals surface area contributed by atoms with Crippen LogP contribution in [0.15, 0.2) is 54.6 Å². The first-order valence-electron chi connectivity index (χ1n) is 6.52. The maximum atomic E-state index is 10.1. The fourth-order valence-electron chi connectivity index (χ4n) is 2.51. The summed E-state index contributed by atoms with van der Waals surface area (Å²) in [5, 5.41) is 14.9. The zero-order valence-corrected chi connectivity index (χ0v) is 10.9. The summed E-state index contributed by atoms with van der Waals surface area (Å²) in [6.45, 7) is 1.82. The molecule has 0 aliphatic heterocycles. The SMILES string of the molecule is C[C@@H](N)[C@H](O)c1ccc2ccc3ccccc3c2c1. The molecule has 3 aromatic rings. The molecule has 2 atom stereocenters. The second kappa shape index (κ2) is 4.65. The molecule has 0 aliphatic rings. The summed E-state index contributed by atoms with van der Waals surface area (Å²) in [6.07, 6.45) is -0.622. The van der Waals surface area contributed by atoms with E-state index in [-0.39, 0.29) is 6.04 Å². The zero-order chi connectivity index (χ0) is 13.4. The van der Waals surface area contributed by atoms with E-state index in [1.807, 2.05) is 37.3 Å². The topological polar surface area (TPSA) is 46.2 Å². The van der Waals surface area contributed by atoms with Crippen LogP contribution in [-0.2, 0) is 0 Å². The van der Waals surface area contributed by atoms with Gasteiger partial charge in [0.1, 0.15) is 0 Å². The number of rotatable bonds is 2. The van der Waals surface area contributed by atoms with Crippen molar-refractivity contribution in [3.05, 3.63) is 60.2 Å². The van der Waals surface area contributed by atoms with Crippen LogP contribution in [-0.4, -0.2) is 11.1 Å². The lowest BCUT2D eigenvalue weighted by atomic mass is 9.96. The molecule has 0 radical (unpaired) electrons. The minimum absolute atomic E-state index is 0.271. The monoisotopic (exact) mass is 251 g/mol. The average Bonchev–Trinajstić information content (AvgIpc) is 2.45. The average molecular weight is 251 g/mol. The summed E-state index contributed by atoms with van der Waals surface area (Å²) in [5.41, 5.74) is 6.65. The van der Waals surface area contributed by atoms with Crippen molar-refractivity contribution in [2.24, 2.45) is 5.73 Å². The van der Waals surface area contributed by atoms with E-state index < -0.39 is 6.10 Å². The van der Waals surface area contributed by atoms with Crippen molar-refractivity contribution >= 4 is 21.5 Å². The Morgan fingerprint density at radius 3 is 2.26 bits per heavy atom. The van der Waals surface area contributed by atoms with Gasteiger partial charge in [-0.15, -0.1) is 0 Å². The highest BCUT2D eigenvalue weighted by atomic mass is 16.3. The Bertz CT molecular complexity index is 733. The summed E-state index contributed by atoms with van der Waals surface area (Å²) in [6, 6.07) is 18.3. The van der Waals surface area contributed by atoms with Crippen molar-refractivity contribution in [3.8, 4) is 0 Å². The van der Waals surface area contributed by atoms with Gasteiger partial charge in [0.05, 0.1) is 6.10 Å². The van der Waals surface area contributed by atoms with Crippen molar-refractivity contribution < 1.29 is 5.11 Å². The third kappa shape index (κ3) is 2.09. The van der Waals surface area contributed by atoms with E-state index in [1.165, 1.54) is 16.2 Å². The summed E-state index contributed by atoms with van der Waals surface area (Å²) >= 11 is 0. The number of aliphatic hydroxyl groups is 1. The van der Waals surface area contributed by atoms with Gasteiger partial charge in [-0.25, -0.2) is 0 Å². The van der Waals surface area contributed by atoms with Crippen LogP contribution in [0.4, 0.5) is 0 Å². The number of hydrogen-bond acceptors (Lipinski definition) is 2. The number of nitrogens with two attached hydrogens (primary N) is 1. The third-order valence-corrected chi connectivity index (χ3v) is 3.61. The Hall–Kier alpha value is -1.90. The Labute approximate surface area is 112 Å². The molecule has 3 aromatic carbocycles. The van der Waals surface area contributed by atoms with Gasteiger partial charge in [-0.1, -0.05) is 48.5 Å². The van der Waals surface area contributed by atoms with Gasteiger partial charge in [0, 0.05) is 6.04 Å². The molecule has 2 heteroatoms. The first kappa shape index (κ1) is 12.2. The van der Waals surface area contributed by atoms with Crippen molar-refractivity contribution in [3.63, 3.8) is 0 Å². The van der Waals surface area contributed by atoms with Crippen LogP contribution in [0.1, 0.15) is 18.6 Å². The molecule has 0 unspecified atom stereocenters. The lowest BCUT2D eigenvalue weighted by molar-refractivity contribution is 0.153. The van der Waals surface area contributed by atoms with Gasteiger partial charge in [0.2, 0.25) is 0 Å². The highest BCUT2D eigenvalue weighted by Gasteiger charge is 2.13. The van der Waals surface area contributed by atoms with Crippen molar-refractivity contribution in [2.75, 3.05) is 0 Å². The smallest absolute Gasteiger partial charge is 0.0938 e. The minimum atomic E-state index is -0.622. The fourth-order valence-corrected chi connectivity index (χ4v) is 2.51. The Morgan fingerprint density at radius 2 is 1.53 bits per heavy atom. The van der Waals surface area contributed by atoms with Crippen LogP contribution in [0.5, 0.6) is 0 Å². The summed E-state index contributed by atoms with van der Waals surface area (Å²) in [7, 11) is 0. The largest absolute Gasteiger partial charge is 0.387 e. The standard InChI is InChI=1S/C17H17NO/c1-11(18)17(19)14-9-8-13-7-6-12-4-2-3-5-15(12)16(13)10-14/h2-11,17,19H,18H2,1H3/t11-,17+/m1/s1. The molecule has 19 heavy (non-hydrogen) atoms. The fraction of sp³-hybridized carbons (Fsp3) is 0.176. The number of benzene rings is 3. The van der Waals surface area contributed by atoms with Crippen LogP contribution < -0.4 is 5.73 Å². The van der Waals surface area contributed by atoms with Crippen LogP contribution in [0.2, 0.25) is 0 Å². The molecule has 2 nitrogen and oxygen atoms in total. The molecule has 0 aromatic heterocycles. The zero-order valence-electron chi connectivity index (χ0n) is 10.9. The van der Waals surface area contributed by atoms with Crippen LogP contribution >= 0.6 is 0 Å².